The Balaban J connectivity index is 2.24. The molecular formula is C12H15FO2. The Bertz CT molecular complexity index is 351. The molecule has 1 saturated heterocycles. The first kappa shape index (κ1) is 10.6. The molecule has 2 nitrogen and oxygen atoms in total. The van der Waals surface area contributed by atoms with Gasteiger partial charge in [-0.05, 0) is 18.9 Å². The van der Waals surface area contributed by atoms with E-state index >= 15 is 0 Å². The summed E-state index contributed by atoms with van der Waals surface area (Å²) in [4.78, 5) is 0. The van der Waals surface area contributed by atoms with Gasteiger partial charge in [0.2, 0.25) is 0 Å². The topological polar surface area (TPSA) is 29.5 Å². The van der Waals surface area contributed by atoms with Crippen molar-refractivity contribution >= 4 is 0 Å². The summed E-state index contributed by atoms with van der Waals surface area (Å²) >= 11 is 0. The second kappa shape index (κ2) is 4.29. The molecule has 0 bridgehead atoms. The number of aliphatic hydroxyl groups excluding tert-OH is 1. The standard InChI is InChI=1S/C12H15FO2/c1-8-3-2-4-10(12(8)13)11-7-9(14)5-6-15-11/h2-4,9,11,14H,5-7H2,1H3. The quantitative estimate of drug-likeness (QED) is 0.771. The molecule has 0 aliphatic carbocycles. The van der Waals surface area contributed by atoms with Gasteiger partial charge in [-0.3, -0.25) is 0 Å². The summed E-state index contributed by atoms with van der Waals surface area (Å²) in [6, 6.07) is 5.28. The summed E-state index contributed by atoms with van der Waals surface area (Å²) in [6.07, 6.45) is 0.460. The smallest absolute Gasteiger partial charge is 0.131 e. The number of rotatable bonds is 1. The van der Waals surface area contributed by atoms with Gasteiger partial charge in [-0.2, -0.15) is 0 Å². The van der Waals surface area contributed by atoms with E-state index in [1.807, 2.05) is 6.07 Å². The first-order valence-corrected chi connectivity index (χ1v) is 5.23. The van der Waals surface area contributed by atoms with Gasteiger partial charge in [-0.15, -0.1) is 0 Å². The minimum absolute atomic E-state index is 0.211. The fourth-order valence-electron chi connectivity index (χ4n) is 1.91. The molecule has 0 spiro atoms. The average molecular weight is 210 g/mol. The van der Waals surface area contributed by atoms with Crippen molar-refractivity contribution in [3.63, 3.8) is 0 Å². The van der Waals surface area contributed by atoms with Gasteiger partial charge in [0.15, 0.2) is 0 Å². The second-order valence-corrected chi connectivity index (χ2v) is 4.02. The molecular weight excluding hydrogens is 195 g/mol. The van der Waals surface area contributed by atoms with Crippen molar-refractivity contribution in [2.45, 2.75) is 32.0 Å². The number of hydrogen-bond acceptors (Lipinski definition) is 2. The molecule has 2 atom stereocenters. The van der Waals surface area contributed by atoms with E-state index in [-0.39, 0.29) is 18.0 Å². The van der Waals surface area contributed by atoms with E-state index in [2.05, 4.69) is 0 Å². The zero-order chi connectivity index (χ0) is 10.8. The summed E-state index contributed by atoms with van der Waals surface area (Å²) in [5.74, 6) is -0.211. The van der Waals surface area contributed by atoms with Gasteiger partial charge in [-0.25, -0.2) is 4.39 Å². The van der Waals surface area contributed by atoms with E-state index in [9.17, 15) is 9.50 Å². The lowest BCUT2D eigenvalue weighted by atomic mass is 9.97. The highest BCUT2D eigenvalue weighted by molar-refractivity contribution is 5.27. The zero-order valence-electron chi connectivity index (χ0n) is 8.74. The zero-order valence-corrected chi connectivity index (χ0v) is 8.74. The van der Waals surface area contributed by atoms with Gasteiger partial charge in [0.25, 0.3) is 0 Å². The summed E-state index contributed by atoms with van der Waals surface area (Å²) in [5.41, 5.74) is 1.19. The molecule has 3 heteroatoms. The van der Waals surface area contributed by atoms with Crippen LogP contribution in [0, 0.1) is 12.7 Å². The second-order valence-electron chi connectivity index (χ2n) is 4.02. The Labute approximate surface area is 88.7 Å². The Kier molecular flexibility index (Phi) is 3.03. The third-order valence-corrected chi connectivity index (χ3v) is 2.82. The lowest BCUT2D eigenvalue weighted by Gasteiger charge is -2.27. The lowest BCUT2D eigenvalue weighted by molar-refractivity contribution is -0.0461. The normalized spacial score (nSPS) is 26.6. The lowest BCUT2D eigenvalue weighted by Crippen LogP contribution is -2.24. The third kappa shape index (κ3) is 2.19. The van der Waals surface area contributed by atoms with E-state index in [0.29, 0.717) is 30.6 Å². The Morgan fingerprint density at radius 2 is 2.27 bits per heavy atom. The van der Waals surface area contributed by atoms with Crippen LogP contribution in [0.2, 0.25) is 0 Å². The molecule has 0 saturated carbocycles. The molecule has 2 rings (SSSR count). The van der Waals surface area contributed by atoms with Crippen LogP contribution < -0.4 is 0 Å². The first-order chi connectivity index (χ1) is 7.18. The van der Waals surface area contributed by atoms with Gasteiger partial charge in [0.1, 0.15) is 5.82 Å². The largest absolute Gasteiger partial charge is 0.393 e. The van der Waals surface area contributed by atoms with Gasteiger partial charge in [0, 0.05) is 18.6 Å². The summed E-state index contributed by atoms with van der Waals surface area (Å²) in [5, 5.41) is 9.50. The van der Waals surface area contributed by atoms with Crippen molar-refractivity contribution in [1.82, 2.24) is 0 Å². The SMILES string of the molecule is Cc1cccc(C2CC(O)CCO2)c1F. The molecule has 1 aliphatic heterocycles. The number of aliphatic hydroxyl groups is 1. The van der Waals surface area contributed by atoms with Gasteiger partial charge in [0.05, 0.1) is 12.2 Å². The van der Waals surface area contributed by atoms with Gasteiger partial charge < -0.3 is 9.84 Å². The Morgan fingerprint density at radius 1 is 1.47 bits per heavy atom. The van der Waals surface area contributed by atoms with Crippen molar-refractivity contribution < 1.29 is 14.2 Å². The molecule has 1 aromatic rings. The minimum Gasteiger partial charge on any atom is -0.393 e. The van der Waals surface area contributed by atoms with Crippen molar-refractivity contribution in [2.75, 3.05) is 6.61 Å². The number of halogens is 1. The third-order valence-electron chi connectivity index (χ3n) is 2.82. The van der Waals surface area contributed by atoms with Crippen LogP contribution in [-0.2, 0) is 4.74 Å². The number of benzene rings is 1. The van der Waals surface area contributed by atoms with Gasteiger partial charge in [-0.1, -0.05) is 18.2 Å². The van der Waals surface area contributed by atoms with E-state index in [0.717, 1.165) is 0 Å². The molecule has 1 aliphatic rings. The van der Waals surface area contributed by atoms with E-state index < -0.39 is 0 Å². The van der Waals surface area contributed by atoms with Crippen LogP contribution in [0.25, 0.3) is 0 Å². The first-order valence-electron chi connectivity index (χ1n) is 5.23. The summed E-state index contributed by atoms with van der Waals surface area (Å²) in [7, 11) is 0. The summed E-state index contributed by atoms with van der Waals surface area (Å²) in [6.45, 7) is 2.23. The molecule has 0 radical (unpaired) electrons. The van der Waals surface area contributed by atoms with E-state index in [1.165, 1.54) is 0 Å². The van der Waals surface area contributed by atoms with E-state index in [1.54, 1.807) is 19.1 Å². The maximum atomic E-state index is 13.8. The van der Waals surface area contributed by atoms with Crippen LogP contribution in [0.1, 0.15) is 30.1 Å². The molecule has 2 unspecified atom stereocenters. The molecule has 1 heterocycles. The van der Waals surface area contributed by atoms with Crippen LogP contribution in [0.4, 0.5) is 4.39 Å². The Hall–Kier alpha value is -0.930. The number of hydrogen-bond donors (Lipinski definition) is 1. The fourth-order valence-corrected chi connectivity index (χ4v) is 1.91. The van der Waals surface area contributed by atoms with Crippen molar-refractivity contribution in [3.05, 3.63) is 35.1 Å². The van der Waals surface area contributed by atoms with Crippen LogP contribution in [0.5, 0.6) is 0 Å². The van der Waals surface area contributed by atoms with Crippen LogP contribution in [0.15, 0.2) is 18.2 Å². The number of ether oxygens (including phenoxy) is 1. The van der Waals surface area contributed by atoms with Gasteiger partial charge >= 0.3 is 0 Å². The van der Waals surface area contributed by atoms with E-state index in [4.69, 9.17) is 4.74 Å². The highest BCUT2D eigenvalue weighted by atomic mass is 19.1. The molecule has 0 aromatic heterocycles. The molecule has 82 valence electrons. The fraction of sp³-hybridized carbons (Fsp3) is 0.500. The molecule has 0 amide bonds. The maximum absolute atomic E-state index is 13.8. The molecule has 1 fully saturated rings. The minimum atomic E-state index is -0.372. The predicted octanol–water partition coefficient (Wildman–Crippen LogP) is 2.35. The maximum Gasteiger partial charge on any atom is 0.131 e. The predicted molar refractivity (Wildman–Crippen MR) is 55.1 cm³/mol. The average Bonchev–Trinajstić information content (AvgIpc) is 2.22. The van der Waals surface area contributed by atoms with Crippen LogP contribution in [-0.4, -0.2) is 17.8 Å². The van der Waals surface area contributed by atoms with Crippen LogP contribution in [0.3, 0.4) is 0 Å². The van der Waals surface area contributed by atoms with Crippen molar-refractivity contribution in [2.24, 2.45) is 0 Å². The number of aryl methyl sites for hydroxylation is 1. The molecule has 1 N–H and O–H groups in total. The van der Waals surface area contributed by atoms with Crippen molar-refractivity contribution in [1.29, 1.82) is 0 Å². The molecule has 1 aromatic carbocycles. The highest BCUT2D eigenvalue weighted by Gasteiger charge is 2.24. The summed E-state index contributed by atoms with van der Waals surface area (Å²) < 4.78 is 19.2. The van der Waals surface area contributed by atoms with Crippen molar-refractivity contribution in [3.8, 4) is 0 Å². The Morgan fingerprint density at radius 3 is 3.00 bits per heavy atom. The van der Waals surface area contributed by atoms with Crippen LogP contribution >= 0.6 is 0 Å². The highest BCUT2D eigenvalue weighted by Crippen LogP contribution is 2.30. The monoisotopic (exact) mass is 210 g/mol. The molecule has 15 heavy (non-hydrogen) atoms.